The predicted octanol–water partition coefficient (Wildman–Crippen LogP) is 2.28. The average molecular weight is 278 g/mol. The highest BCUT2D eigenvalue weighted by Gasteiger charge is 2.18. The second kappa shape index (κ2) is 4.03. The van der Waals surface area contributed by atoms with Crippen LogP contribution >= 0.6 is 15.9 Å². The monoisotopic (exact) mass is 277 g/mol. The number of para-hydroxylation sites is 1. The Morgan fingerprint density at radius 3 is 2.81 bits per heavy atom. The summed E-state index contributed by atoms with van der Waals surface area (Å²) in [5, 5.41) is 8.01. The molecule has 0 fully saturated rings. The van der Waals surface area contributed by atoms with Crippen LogP contribution in [0, 0.1) is 0 Å². The number of fused-ring (bicyclic) bond motifs is 1. The van der Waals surface area contributed by atoms with Crippen LogP contribution < -0.4 is 5.32 Å². The van der Waals surface area contributed by atoms with Crippen LogP contribution in [-0.2, 0) is 13.0 Å². The first-order chi connectivity index (χ1) is 7.86. The third-order valence-electron chi connectivity index (χ3n) is 2.85. The van der Waals surface area contributed by atoms with Crippen molar-refractivity contribution in [3.05, 3.63) is 46.2 Å². The van der Waals surface area contributed by atoms with Gasteiger partial charge in [-0.15, -0.1) is 0 Å². The first-order valence-corrected chi connectivity index (χ1v) is 6.18. The number of benzene rings is 1. The lowest BCUT2D eigenvalue weighted by atomic mass is 10.1. The van der Waals surface area contributed by atoms with Crippen LogP contribution in [0.2, 0.25) is 0 Å². The van der Waals surface area contributed by atoms with Crippen LogP contribution in [0.5, 0.6) is 0 Å². The number of halogens is 1. The van der Waals surface area contributed by atoms with Crippen LogP contribution in [0.4, 0.5) is 0 Å². The van der Waals surface area contributed by atoms with Gasteiger partial charge in [-0.1, -0.05) is 18.2 Å². The van der Waals surface area contributed by atoms with Gasteiger partial charge in [-0.2, -0.15) is 5.10 Å². The summed E-state index contributed by atoms with van der Waals surface area (Å²) in [5.74, 6) is 0. The summed E-state index contributed by atoms with van der Waals surface area (Å²) >= 11 is 3.63. The van der Waals surface area contributed by atoms with Crippen molar-refractivity contribution in [1.82, 2.24) is 15.1 Å². The first kappa shape index (κ1) is 10.1. The Morgan fingerprint density at radius 1 is 1.25 bits per heavy atom. The smallest absolute Gasteiger partial charge is 0.114 e. The molecule has 0 spiro atoms. The number of hydrogen-bond donors (Lipinski definition) is 1. The molecule has 0 saturated carbocycles. The summed E-state index contributed by atoms with van der Waals surface area (Å²) in [5.41, 5.74) is 3.59. The van der Waals surface area contributed by atoms with E-state index in [9.17, 15) is 0 Å². The zero-order valence-electron chi connectivity index (χ0n) is 8.78. The van der Waals surface area contributed by atoms with Gasteiger partial charge in [0.15, 0.2) is 0 Å². The van der Waals surface area contributed by atoms with E-state index in [1.807, 2.05) is 22.9 Å². The minimum absolute atomic E-state index is 0.906. The van der Waals surface area contributed by atoms with Gasteiger partial charge in [-0.05, 0) is 28.1 Å². The van der Waals surface area contributed by atoms with Crippen molar-refractivity contribution in [2.75, 3.05) is 6.54 Å². The molecule has 82 valence electrons. The molecule has 3 nitrogen and oxygen atoms in total. The minimum Gasteiger partial charge on any atom is -0.312 e. The van der Waals surface area contributed by atoms with Crippen molar-refractivity contribution < 1.29 is 0 Å². The van der Waals surface area contributed by atoms with E-state index in [1.165, 1.54) is 11.3 Å². The molecule has 0 atom stereocenters. The molecule has 4 heteroatoms. The Hall–Kier alpha value is -1.13. The fourth-order valence-electron chi connectivity index (χ4n) is 2.01. The normalized spacial score (nSPS) is 14.8. The van der Waals surface area contributed by atoms with E-state index in [0.717, 1.165) is 29.8 Å². The summed E-state index contributed by atoms with van der Waals surface area (Å²) in [6.07, 6.45) is 1.01. The number of aromatic nitrogens is 2. The van der Waals surface area contributed by atoms with Gasteiger partial charge in [-0.3, -0.25) is 0 Å². The Bertz CT molecular complexity index is 504. The van der Waals surface area contributed by atoms with Crippen molar-refractivity contribution in [2.24, 2.45) is 0 Å². The lowest BCUT2D eigenvalue weighted by molar-refractivity contribution is 0.634. The molecule has 1 aromatic carbocycles. The predicted molar refractivity (Wildman–Crippen MR) is 66.7 cm³/mol. The molecule has 0 amide bonds. The molecule has 1 N–H and O–H groups in total. The molecule has 0 saturated heterocycles. The number of nitrogens with zero attached hydrogens (tertiary/aromatic N) is 2. The average Bonchev–Trinajstić information content (AvgIpc) is 2.69. The highest BCUT2D eigenvalue weighted by molar-refractivity contribution is 9.10. The first-order valence-electron chi connectivity index (χ1n) is 5.38. The molecule has 0 radical (unpaired) electrons. The molecule has 0 unspecified atom stereocenters. The maximum absolute atomic E-state index is 4.65. The quantitative estimate of drug-likeness (QED) is 0.867. The van der Waals surface area contributed by atoms with Gasteiger partial charge < -0.3 is 5.32 Å². The summed E-state index contributed by atoms with van der Waals surface area (Å²) in [6.45, 7) is 1.92. The second-order valence-electron chi connectivity index (χ2n) is 3.89. The molecule has 1 aromatic heterocycles. The Kier molecular flexibility index (Phi) is 2.53. The number of nitrogens with one attached hydrogen (secondary N) is 1. The van der Waals surface area contributed by atoms with Crippen molar-refractivity contribution >= 4 is 15.9 Å². The van der Waals surface area contributed by atoms with Crippen LogP contribution in [0.3, 0.4) is 0 Å². The third-order valence-corrected chi connectivity index (χ3v) is 3.66. The van der Waals surface area contributed by atoms with Crippen LogP contribution in [0.15, 0.2) is 34.9 Å². The zero-order chi connectivity index (χ0) is 11.0. The van der Waals surface area contributed by atoms with E-state index in [-0.39, 0.29) is 0 Å². The standard InChI is InChI=1S/C12H12BrN3/c13-12-10-8-14-7-6-11(10)15-16(12)9-4-2-1-3-5-9/h1-5,14H,6-8H2. The van der Waals surface area contributed by atoms with Gasteiger partial charge in [0.1, 0.15) is 4.60 Å². The molecule has 0 aliphatic carbocycles. The van der Waals surface area contributed by atoms with Crippen LogP contribution in [0.25, 0.3) is 5.69 Å². The van der Waals surface area contributed by atoms with Crippen molar-refractivity contribution in [2.45, 2.75) is 13.0 Å². The van der Waals surface area contributed by atoms with Crippen LogP contribution in [-0.4, -0.2) is 16.3 Å². The van der Waals surface area contributed by atoms with Gasteiger partial charge in [0.05, 0.1) is 11.4 Å². The van der Waals surface area contributed by atoms with Crippen molar-refractivity contribution in [3.63, 3.8) is 0 Å². The second-order valence-corrected chi connectivity index (χ2v) is 4.64. The van der Waals surface area contributed by atoms with Crippen molar-refractivity contribution in [1.29, 1.82) is 0 Å². The molecule has 1 aliphatic heterocycles. The number of hydrogen-bond acceptors (Lipinski definition) is 2. The fourth-order valence-corrected chi connectivity index (χ4v) is 2.66. The molecule has 2 heterocycles. The molecule has 3 rings (SSSR count). The van der Waals surface area contributed by atoms with Crippen LogP contribution in [0.1, 0.15) is 11.3 Å². The van der Waals surface area contributed by atoms with E-state index >= 15 is 0 Å². The minimum atomic E-state index is 0.906. The summed E-state index contributed by atoms with van der Waals surface area (Å²) in [7, 11) is 0. The molecule has 16 heavy (non-hydrogen) atoms. The third kappa shape index (κ3) is 1.58. The van der Waals surface area contributed by atoms with Gasteiger partial charge >= 0.3 is 0 Å². The van der Waals surface area contributed by atoms with E-state index in [4.69, 9.17) is 0 Å². The highest BCUT2D eigenvalue weighted by Crippen LogP contribution is 2.25. The van der Waals surface area contributed by atoms with Gasteiger partial charge in [0.2, 0.25) is 0 Å². The summed E-state index contributed by atoms with van der Waals surface area (Å²) in [4.78, 5) is 0. The van der Waals surface area contributed by atoms with Gasteiger partial charge in [-0.25, -0.2) is 4.68 Å². The maximum atomic E-state index is 4.65. The van der Waals surface area contributed by atoms with E-state index in [2.05, 4.69) is 38.5 Å². The van der Waals surface area contributed by atoms with E-state index in [0.29, 0.717) is 0 Å². The van der Waals surface area contributed by atoms with Gasteiger partial charge in [0.25, 0.3) is 0 Å². The summed E-state index contributed by atoms with van der Waals surface area (Å²) < 4.78 is 3.04. The Morgan fingerprint density at radius 2 is 2.06 bits per heavy atom. The lowest BCUT2D eigenvalue weighted by Crippen LogP contribution is -2.23. The number of rotatable bonds is 1. The van der Waals surface area contributed by atoms with Gasteiger partial charge in [0, 0.05) is 25.1 Å². The topological polar surface area (TPSA) is 29.9 Å². The van der Waals surface area contributed by atoms with Crippen molar-refractivity contribution in [3.8, 4) is 5.69 Å². The maximum Gasteiger partial charge on any atom is 0.114 e. The molecule has 0 bridgehead atoms. The molecule has 2 aromatic rings. The SMILES string of the molecule is Brc1c2c(nn1-c1ccccc1)CCNC2. The zero-order valence-corrected chi connectivity index (χ0v) is 10.4. The van der Waals surface area contributed by atoms with E-state index in [1.54, 1.807) is 0 Å². The molecule has 1 aliphatic rings. The summed E-state index contributed by atoms with van der Waals surface area (Å²) in [6, 6.07) is 10.2. The molecular weight excluding hydrogens is 266 g/mol. The fraction of sp³-hybridized carbons (Fsp3) is 0.250. The largest absolute Gasteiger partial charge is 0.312 e. The highest BCUT2D eigenvalue weighted by atomic mass is 79.9. The molecular formula is C12H12BrN3. The lowest BCUT2D eigenvalue weighted by Gasteiger charge is -2.10. The Labute approximate surface area is 103 Å². The Balaban J connectivity index is 2.12. The van der Waals surface area contributed by atoms with E-state index < -0.39 is 0 Å².